The van der Waals surface area contributed by atoms with E-state index >= 15 is 0 Å². The number of carbonyl (C=O) groups excluding carboxylic acids is 1. The minimum atomic E-state index is -4.44. The lowest BCUT2D eigenvalue weighted by Crippen LogP contribution is -2.12. The van der Waals surface area contributed by atoms with E-state index in [0.717, 1.165) is 37.8 Å². The maximum absolute atomic E-state index is 13.1. The summed E-state index contributed by atoms with van der Waals surface area (Å²) in [6.45, 7) is 0. The van der Waals surface area contributed by atoms with Gasteiger partial charge in [0.1, 0.15) is 5.78 Å². The van der Waals surface area contributed by atoms with E-state index < -0.39 is 11.7 Å². The van der Waals surface area contributed by atoms with Crippen LogP contribution in [0.3, 0.4) is 0 Å². The number of alkyl halides is 3. The van der Waals surface area contributed by atoms with Crippen LogP contribution >= 0.6 is 11.6 Å². The van der Waals surface area contributed by atoms with Crippen molar-refractivity contribution in [3.63, 3.8) is 0 Å². The maximum atomic E-state index is 13.1. The van der Waals surface area contributed by atoms with Gasteiger partial charge in [-0.2, -0.15) is 13.2 Å². The van der Waals surface area contributed by atoms with E-state index in [0.29, 0.717) is 5.56 Å². The van der Waals surface area contributed by atoms with E-state index in [1.807, 2.05) is 18.2 Å². The van der Waals surface area contributed by atoms with Crippen molar-refractivity contribution in [2.24, 2.45) is 11.3 Å². The van der Waals surface area contributed by atoms with Crippen LogP contribution in [-0.4, -0.2) is 5.78 Å². The summed E-state index contributed by atoms with van der Waals surface area (Å²) in [5.41, 5.74) is 0.916. The van der Waals surface area contributed by atoms with Crippen LogP contribution < -0.4 is 0 Å². The van der Waals surface area contributed by atoms with Crippen LogP contribution in [0.15, 0.2) is 48.5 Å². The summed E-state index contributed by atoms with van der Waals surface area (Å²) in [4.78, 5) is 13.1. The minimum absolute atomic E-state index is 0.00978. The van der Waals surface area contributed by atoms with Gasteiger partial charge in [-0.1, -0.05) is 60.8 Å². The van der Waals surface area contributed by atoms with Crippen LogP contribution in [0, 0.1) is 11.3 Å². The molecule has 0 N–H and O–H groups in total. The summed E-state index contributed by atoms with van der Waals surface area (Å²) in [5.74, 6) is 0.259. The van der Waals surface area contributed by atoms with Crippen LogP contribution in [0.1, 0.15) is 48.3 Å². The number of hydrogen-bond donors (Lipinski definition) is 0. The molecule has 2 atom stereocenters. The summed E-state index contributed by atoms with van der Waals surface area (Å²) in [7, 11) is 0. The lowest BCUT2D eigenvalue weighted by atomic mass is 9.95. The van der Waals surface area contributed by atoms with Gasteiger partial charge in [0.2, 0.25) is 0 Å². The van der Waals surface area contributed by atoms with E-state index in [-0.39, 0.29) is 34.5 Å². The van der Waals surface area contributed by atoms with Gasteiger partial charge in [-0.15, -0.1) is 0 Å². The van der Waals surface area contributed by atoms with Crippen molar-refractivity contribution < 1.29 is 18.0 Å². The highest BCUT2D eigenvalue weighted by Gasteiger charge is 2.67. The zero-order valence-electron chi connectivity index (χ0n) is 14.7. The maximum Gasteiger partial charge on any atom is 0.416 e. The summed E-state index contributed by atoms with van der Waals surface area (Å²) in [6, 6.07) is 13.3. The summed E-state index contributed by atoms with van der Waals surface area (Å²) in [5, 5.41) is 0.00978. The largest absolute Gasteiger partial charge is 0.416 e. The van der Waals surface area contributed by atoms with Gasteiger partial charge in [0.05, 0.1) is 5.56 Å². The SMILES string of the molecule is O=C(Cc1ccc(C(F)(F)F)cc1Cl)[C@@H]1[C@@H](c2ccccc2)C12CCCC2. The zero-order valence-corrected chi connectivity index (χ0v) is 15.5. The molecule has 0 aliphatic heterocycles. The summed E-state index contributed by atoms with van der Waals surface area (Å²) >= 11 is 6.06. The van der Waals surface area contributed by atoms with Crippen LogP contribution in [0.4, 0.5) is 13.2 Å². The summed E-state index contributed by atoms with van der Waals surface area (Å²) in [6.07, 6.45) is 0.0113. The second-order valence-corrected chi connectivity index (χ2v) is 8.16. The highest BCUT2D eigenvalue weighted by atomic mass is 35.5. The van der Waals surface area contributed by atoms with Gasteiger partial charge in [0.15, 0.2) is 0 Å². The summed E-state index contributed by atoms with van der Waals surface area (Å²) < 4.78 is 38.4. The van der Waals surface area contributed by atoms with Gasteiger partial charge in [-0.25, -0.2) is 0 Å². The highest BCUT2D eigenvalue weighted by Crippen LogP contribution is 2.72. The van der Waals surface area contributed by atoms with Gasteiger partial charge in [-0.3, -0.25) is 4.79 Å². The average molecular weight is 393 g/mol. The van der Waals surface area contributed by atoms with E-state index in [1.54, 1.807) is 0 Å². The Balaban J connectivity index is 1.56. The fraction of sp³-hybridized carbons (Fsp3) is 0.409. The third-order valence-corrected chi connectivity index (χ3v) is 6.60. The Morgan fingerprint density at radius 2 is 1.74 bits per heavy atom. The fourth-order valence-corrected chi connectivity index (χ4v) is 5.25. The van der Waals surface area contributed by atoms with Crippen molar-refractivity contribution in [2.75, 3.05) is 0 Å². The molecule has 2 fully saturated rings. The Morgan fingerprint density at radius 1 is 1.07 bits per heavy atom. The molecule has 0 aromatic heterocycles. The standard InChI is InChI=1S/C22H20ClF3O/c23-17-13-16(22(24,25)26)9-8-15(17)12-18(27)20-19(14-6-2-1-3-7-14)21(20)10-4-5-11-21/h1-3,6-9,13,19-20H,4-5,10-12H2/t19-,20-/m1/s1. The number of benzene rings is 2. The Labute approximate surface area is 161 Å². The van der Waals surface area contributed by atoms with Crippen LogP contribution in [0.2, 0.25) is 5.02 Å². The number of hydrogen-bond acceptors (Lipinski definition) is 1. The normalized spacial score (nSPS) is 23.6. The van der Waals surface area contributed by atoms with Crippen LogP contribution in [0.5, 0.6) is 0 Å². The first-order valence-electron chi connectivity index (χ1n) is 9.26. The zero-order chi connectivity index (χ0) is 19.2. The van der Waals surface area contributed by atoms with Crippen molar-refractivity contribution >= 4 is 17.4 Å². The number of carbonyl (C=O) groups is 1. The van der Waals surface area contributed by atoms with Crippen molar-refractivity contribution in [2.45, 2.75) is 44.2 Å². The molecular weight excluding hydrogens is 373 g/mol. The van der Waals surface area contributed by atoms with Gasteiger partial charge < -0.3 is 0 Å². The fourth-order valence-electron chi connectivity index (χ4n) is 5.00. The first-order valence-corrected chi connectivity index (χ1v) is 9.64. The molecule has 4 rings (SSSR count). The molecule has 5 heteroatoms. The lowest BCUT2D eigenvalue weighted by Gasteiger charge is -2.11. The molecule has 0 bridgehead atoms. The lowest BCUT2D eigenvalue weighted by molar-refractivity contribution is -0.137. The molecule has 0 heterocycles. The third-order valence-electron chi connectivity index (χ3n) is 6.25. The van der Waals surface area contributed by atoms with Crippen molar-refractivity contribution in [1.29, 1.82) is 0 Å². The van der Waals surface area contributed by atoms with Crippen molar-refractivity contribution in [3.05, 3.63) is 70.2 Å². The number of halogens is 4. The predicted molar refractivity (Wildman–Crippen MR) is 98.7 cm³/mol. The van der Waals surface area contributed by atoms with E-state index in [4.69, 9.17) is 11.6 Å². The molecule has 2 aliphatic rings. The number of ketones is 1. The van der Waals surface area contributed by atoms with Gasteiger partial charge in [0.25, 0.3) is 0 Å². The Morgan fingerprint density at radius 3 is 2.33 bits per heavy atom. The first kappa shape index (κ1) is 18.5. The molecule has 142 valence electrons. The van der Waals surface area contributed by atoms with Crippen molar-refractivity contribution in [3.8, 4) is 0 Å². The van der Waals surface area contributed by atoms with Crippen molar-refractivity contribution in [1.82, 2.24) is 0 Å². The second kappa shape index (κ2) is 6.66. The second-order valence-electron chi connectivity index (χ2n) is 7.75. The molecule has 2 aromatic carbocycles. The molecule has 27 heavy (non-hydrogen) atoms. The van der Waals surface area contributed by atoms with Gasteiger partial charge >= 0.3 is 6.18 Å². The van der Waals surface area contributed by atoms with E-state index in [9.17, 15) is 18.0 Å². The van der Waals surface area contributed by atoms with E-state index in [2.05, 4.69) is 12.1 Å². The molecule has 1 spiro atoms. The minimum Gasteiger partial charge on any atom is -0.299 e. The third kappa shape index (κ3) is 3.29. The average Bonchev–Trinajstić information content (AvgIpc) is 3.01. The van der Waals surface area contributed by atoms with Gasteiger partial charge in [0, 0.05) is 23.3 Å². The van der Waals surface area contributed by atoms with E-state index in [1.165, 1.54) is 11.6 Å². The molecule has 2 saturated carbocycles. The molecule has 0 radical (unpaired) electrons. The smallest absolute Gasteiger partial charge is 0.299 e. The molecule has 2 aromatic rings. The Kier molecular flexibility index (Phi) is 4.58. The quantitative estimate of drug-likeness (QED) is 0.584. The molecule has 0 amide bonds. The molecule has 2 aliphatic carbocycles. The predicted octanol–water partition coefficient (Wildman–Crippen LogP) is 6.44. The highest BCUT2D eigenvalue weighted by molar-refractivity contribution is 6.31. The number of rotatable bonds is 4. The molecule has 0 unspecified atom stereocenters. The molecular formula is C22H20ClF3O. The first-order chi connectivity index (χ1) is 12.8. The van der Waals surface area contributed by atoms with Gasteiger partial charge in [-0.05, 0) is 41.5 Å². The van der Waals surface area contributed by atoms with Crippen LogP contribution in [-0.2, 0) is 17.4 Å². The monoisotopic (exact) mass is 392 g/mol. The Bertz CT molecular complexity index is 854. The molecule has 0 saturated heterocycles. The topological polar surface area (TPSA) is 17.1 Å². The Hall–Kier alpha value is -1.81. The molecule has 1 nitrogen and oxygen atoms in total. The number of Topliss-reactive ketones (excluding diaryl/α,β-unsaturated/α-hetero) is 1. The van der Waals surface area contributed by atoms with Crippen LogP contribution in [0.25, 0.3) is 0 Å².